The molecule has 0 saturated carbocycles. The maximum absolute atomic E-state index is 11.4. The summed E-state index contributed by atoms with van der Waals surface area (Å²) in [5.74, 6) is 0.339. The van der Waals surface area contributed by atoms with Crippen molar-refractivity contribution in [1.82, 2.24) is 0 Å². The van der Waals surface area contributed by atoms with Gasteiger partial charge in [-0.3, -0.25) is 19.2 Å². The standard InChI is InChI=1S/C13H20O8S4.C6H14S2/c14-9(1-22)18-5-13(6-19-10(15)2-23,7-20-11(16)3-24)8-21-12(17)4-25;1-2-5-8-6-3-4-7/h22-25H,1-8H2;7H,2-6H2,1H3. The van der Waals surface area contributed by atoms with E-state index >= 15 is 0 Å². The summed E-state index contributed by atoms with van der Waals surface area (Å²) < 4.78 is 20.0. The first-order valence-electron chi connectivity index (χ1n) is 9.98. The van der Waals surface area contributed by atoms with Crippen LogP contribution in [0.5, 0.6) is 0 Å². The maximum Gasteiger partial charge on any atom is 0.315 e. The Kier molecular flexibility index (Phi) is 25.2. The summed E-state index contributed by atoms with van der Waals surface area (Å²) in [6.07, 6.45) is 2.56. The van der Waals surface area contributed by atoms with Crippen LogP contribution in [0, 0.1) is 5.41 Å². The van der Waals surface area contributed by atoms with Crippen LogP contribution >= 0.6 is 74.9 Å². The lowest BCUT2D eigenvalue weighted by molar-refractivity contribution is -0.167. The predicted molar refractivity (Wildman–Crippen MR) is 148 cm³/mol. The smallest absolute Gasteiger partial charge is 0.315 e. The average Bonchev–Trinajstić information content (AvgIpc) is 2.85. The van der Waals surface area contributed by atoms with Gasteiger partial charge in [0.2, 0.25) is 0 Å². The minimum atomic E-state index is -1.28. The van der Waals surface area contributed by atoms with E-state index in [0.29, 0.717) is 0 Å². The van der Waals surface area contributed by atoms with Gasteiger partial charge in [0.25, 0.3) is 0 Å². The molecule has 0 atom stereocenters. The number of ether oxygens (including phenoxy) is 4. The quantitative estimate of drug-likeness (QED) is 0.0765. The highest BCUT2D eigenvalue weighted by molar-refractivity contribution is 7.99. The second-order valence-corrected chi connectivity index (χ2v) is 9.40. The van der Waals surface area contributed by atoms with Gasteiger partial charge in [0, 0.05) is 0 Å². The van der Waals surface area contributed by atoms with E-state index in [1.165, 1.54) is 24.3 Å². The van der Waals surface area contributed by atoms with Gasteiger partial charge >= 0.3 is 23.9 Å². The summed E-state index contributed by atoms with van der Waals surface area (Å²) in [5.41, 5.74) is -1.28. The Morgan fingerprint density at radius 3 is 1.21 bits per heavy atom. The van der Waals surface area contributed by atoms with Gasteiger partial charge in [0.15, 0.2) is 0 Å². The van der Waals surface area contributed by atoms with Crippen molar-refractivity contribution >= 4 is 98.8 Å². The third-order valence-electron chi connectivity index (χ3n) is 3.47. The number of hydrogen-bond donors (Lipinski definition) is 5. The summed E-state index contributed by atoms with van der Waals surface area (Å²) in [5, 5.41) is 0. The average molecular weight is 583 g/mol. The largest absolute Gasteiger partial charge is 0.464 e. The molecule has 0 aromatic heterocycles. The van der Waals surface area contributed by atoms with Crippen molar-refractivity contribution in [3.63, 3.8) is 0 Å². The number of carbonyl (C=O) groups is 4. The van der Waals surface area contributed by atoms with Crippen LogP contribution < -0.4 is 0 Å². The highest BCUT2D eigenvalue weighted by atomic mass is 32.2. The van der Waals surface area contributed by atoms with E-state index < -0.39 is 29.3 Å². The molecule has 0 saturated heterocycles. The molecule has 0 N–H and O–H groups in total. The normalized spacial score (nSPS) is 10.5. The minimum Gasteiger partial charge on any atom is -0.464 e. The van der Waals surface area contributed by atoms with Crippen molar-refractivity contribution in [3.8, 4) is 0 Å². The Labute approximate surface area is 227 Å². The number of rotatable bonds is 17. The van der Waals surface area contributed by atoms with Gasteiger partial charge in [0.1, 0.15) is 31.8 Å². The Balaban J connectivity index is 0. The Bertz CT molecular complexity index is 473. The van der Waals surface area contributed by atoms with Crippen LogP contribution in [0.15, 0.2) is 0 Å². The Morgan fingerprint density at radius 1 is 0.636 bits per heavy atom. The van der Waals surface area contributed by atoms with Gasteiger partial charge < -0.3 is 18.9 Å². The van der Waals surface area contributed by atoms with E-state index in [9.17, 15) is 19.2 Å². The summed E-state index contributed by atoms with van der Waals surface area (Å²) in [6, 6.07) is 0. The second kappa shape index (κ2) is 23.7. The highest BCUT2D eigenvalue weighted by Crippen LogP contribution is 2.22. The number of thiol groups is 5. The van der Waals surface area contributed by atoms with Crippen LogP contribution in [0.2, 0.25) is 0 Å². The fourth-order valence-corrected chi connectivity index (χ4v) is 3.36. The van der Waals surface area contributed by atoms with Crippen molar-refractivity contribution in [2.45, 2.75) is 19.8 Å². The van der Waals surface area contributed by atoms with Crippen molar-refractivity contribution in [1.29, 1.82) is 0 Å². The molecule has 0 aliphatic heterocycles. The zero-order valence-corrected chi connectivity index (χ0v) is 23.9. The van der Waals surface area contributed by atoms with Gasteiger partial charge in [-0.25, -0.2) is 0 Å². The molecule has 33 heavy (non-hydrogen) atoms. The Hall–Kier alpha value is -0.0200. The fraction of sp³-hybridized carbons (Fsp3) is 0.789. The molecule has 0 radical (unpaired) electrons. The third kappa shape index (κ3) is 21.0. The van der Waals surface area contributed by atoms with E-state index in [4.69, 9.17) is 18.9 Å². The lowest BCUT2D eigenvalue weighted by Gasteiger charge is -2.31. The number of esters is 4. The van der Waals surface area contributed by atoms with Crippen molar-refractivity contribution in [2.24, 2.45) is 5.41 Å². The monoisotopic (exact) mass is 582 g/mol. The summed E-state index contributed by atoms with van der Waals surface area (Å²) in [7, 11) is 0. The zero-order valence-electron chi connectivity index (χ0n) is 18.6. The third-order valence-corrected chi connectivity index (χ3v) is 6.09. The Morgan fingerprint density at radius 2 is 0.970 bits per heavy atom. The summed E-state index contributed by atoms with van der Waals surface area (Å²) in [4.78, 5) is 45.5. The first-order chi connectivity index (χ1) is 15.7. The lowest BCUT2D eigenvalue weighted by atomic mass is 9.92. The lowest BCUT2D eigenvalue weighted by Crippen LogP contribution is -2.44. The van der Waals surface area contributed by atoms with Crippen molar-refractivity contribution in [3.05, 3.63) is 0 Å². The van der Waals surface area contributed by atoms with E-state index in [0.717, 1.165) is 5.75 Å². The maximum atomic E-state index is 11.4. The first-order valence-corrected chi connectivity index (χ1v) is 14.3. The molecule has 0 aromatic carbocycles. The fourth-order valence-electron chi connectivity index (χ4n) is 1.78. The second-order valence-electron chi connectivity index (χ2n) is 6.46. The van der Waals surface area contributed by atoms with Gasteiger partial charge in [0.05, 0.1) is 23.0 Å². The molecule has 0 bridgehead atoms. The highest BCUT2D eigenvalue weighted by Gasteiger charge is 2.37. The molecule has 0 fully saturated rings. The molecule has 8 nitrogen and oxygen atoms in total. The van der Waals surface area contributed by atoms with Crippen LogP contribution in [0.4, 0.5) is 0 Å². The van der Waals surface area contributed by atoms with Gasteiger partial charge in [-0.2, -0.15) is 74.9 Å². The molecule has 0 amide bonds. The van der Waals surface area contributed by atoms with Crippen LogP contribution in [0.1, 0.15) is 19.8 Å². The molecule has 0 heterocycles. The summed E-state index contributed by atoms with van der Waals surface area (Å²) in [6.45, 7) is 0.906. The number of carbonyl (C=O) groups excluding carboxylic acids is 4. The molecule has 0 unspecified atom stereocenters. The molecule has 0 spiro atoms. The molecular formula is C19H34O8S6. The van der Waals surface area contributed by atoms with Gasteiger partial charge in [-0.15, -0.1) is 0 Å². The van der Waals surface area contributed by atoms with E-state index in [2.05, 4.69) is 70.1 Å². The minimum absolute atomic E-state index is 0.181. The van der Waals surface area contributed by atoms with E-state index in [1.807, 2.05) is 11.8 Å². The molecule has 0 rings (SSSR count). The molecule has 0 aliphatic carbocycles. The molecule has 0 aromatic rings. The van der Waals surface area contributed by atoms with Crippen LogP contribution in [0.25, 0.3) is 0 Å². The van der Waals surface area contributed by atoms with Crippen molar-refractivity contribution < 1.29 is 38.1 Å². The molecule has 14 heteroatoms. The van der Waals surface area contributed by atoms with Crippen LogP contribution in [-0.4, -0.2) is 90.6 Å². The van der Waals surface area contributed by atoms with Gasteiger partial charge in [-0.1, -0.05) is 6.92 Å². The zero-order chi connectivity index (χ0) is 25.5. The van der Waals surface area contributed by atoms with Crippen LogP contribution in [0.3, 0.4) is 0 Å². The van der Waals surface area contributed by atoms with Crippen LogP contribution in [-0.2, 0) is 38.1 Å². The SMILES string of the molecule is CCCSCCCS.O=C(CS)OCC(COC(=O)CS)(COC(=O)CS)COC(=O)CS. The summed E-state index contributed by atoms with van der Waals surface area (Å²) >= 11 is 21.3. The van der Waals surface area contributed by atoms with Crippen molar-refractivity contribution in [2.75, 3.05) is 66.7 Å². The first kappa shape index (κ1) is 35.1. The number of thioether (sulfide) groups is 1. The van der Waals surface area contributed by atoms with E-state index in [-0.39, 0.29) is 49.4 Å². The van der Waals surface area contributed by atoms with E-state index in [1.54, 1.807) is 0 Å². The number of hydrogen-bond acceptors (Lipinski definition) is 14. The van der Waals surface area contributed by atoms with Gasteiger partial charge in [-0.05, 0) is 30.1 Å². The predicted octanol–water partition coefficient (Wildman–Crippen LogP) is 2.31. The molecule has 194 valence electrons. The molecular weight excluding hydrogens is 549 g/mol. The topological polar surface area (TPSA) is 105 Å². The molecule has 0 aliphatic rings.